The maximum Gasteiger partial charge on any atom is 0.0465 e. The predicted molar refractivity (Wildman–Crippen MR) is 312 cm³/mol. The van der Waals surface area contributed by atoms with Gasteiger partial charge in [-0.1, -0.05) is 202 Å². The number of hydrogen-bond donors (Lipinski definition) is 0. The molecule has 13 aromatic rings. The summed E-state index contributed by atoms with van der Waals surface area (Å²) in [6.45, 7) is 4.83. The summed E-state index contributed by atoms with van der Waals surface area (Å²) < 4.78 is 5.30. The van der Waals surface area contributed by atoms with Crippen LogP contribution in [0.25, 0.3) is 107 Å². The van der Waals surface area contributed by atoms with Crippen LogP contribution in [-0.2, 0) is 5.41 Å². The van der Waals surface area contributed by atoms with E-state index in [1.165, 1.54) is 118 Å². The number of rotatable bonds is 8. The molecule has 0 atom stereocenters. The molecule has 340 valence electrons. The molecule has 0 bridgehead atoms. The van der Waals surface area contributed by atoms with Crippen molar-refractivity contribution in [3.63, 3.8) is 0 Å². The number of benzene rings is 11. The van der Waals surface area contributed by atoms with Gasteiger partial charge >= 0.3 is 0 Å². The largest absolute Gasteiger partial charge is 0.310 e. The van der Waals surface area contributed by atoms with Gasteiger partial charge in [0, 0.05) is 62.8 Å². The first-order chi connectivity index (χ1) is 35.4. The summed E-state index contributed by atoms with van der Waals surface area (Å²) in [5.41, 5.74) is 20.7. The zero-order valence-electron chi connectivity index (χ0n) is 39.9. The Hall–Kier alpha value is -8.34. The third-order valence-corrected chi connectivity index (χ3v) is 17.5. The molecule has 0 aliphatic heterocycles. The molecule has 2 heterocycles. The fourth-order valence-electron chi connectivity index (χ4n) is 11.6. The lowest BCUT2D eigenvalue weighted by atomic mass is 9.78. The van der Waals surface area contributed by atoms with Crippen molar-refractivity contribution in [2.24, 2.45) is 0 Å². The van der Waals surface area contributed by atoms with Crippen molar-refractivity contribution >= 4 is 80.1 Å². The maximum absolute atomic E-state index is 2.47. The van der Waals surface area contributed by atoms with Crippen LogP contribution in [0.2, 0.25) is 0 Å². The minimum atomic E-state index is -0.285. The van der Waals surface area contributed by atoms with Gasteiger partial charge in [-0.15, -0.1) is 22.7 Å². The Bertz CT molecular complexity index is 4040. The van der Waals surface area contributed by atoms with Gasteiger partial charge in [-0.2, -0.15) is 0 Å². The lowest BCUT2D eigenvalue weighted by molar-refractivity contribution is 0.662. The van der Waals surface area contributed by atoms with Gasteiger partial charge in [0.05, 0.1) is 0 Å². The Labute approximate surface area is 428 Å². The van der Waals surface area contributed by atoms with Crippen molar-refractivity contribution in [3.05, 3.63) is 260 Å². The molecule has 1 aliphatic rings. The fraction of sp³-hybridized carbons (Fsp3) is 0.0435. The van der Waals surface area contributed by atoms with Gasteiger partial charge in [-0.25, -0.2) is 0 Å². The van der Waals surface area contributed by atoms with Crippen molar-refractivity contribution in [2.45, 2.75) is 19.3 Å². The van der Waals surface area contributed by atoms with Crippen LogP contribution in [0, 0.1) is 0 Å². The topological polar surface area (TPSA) is 3.24 Å². The fourth-order valence-corrected chi connectivity index (χ4v) is 14.0. The van der Waals surface area contributed by atoms with E-state index in [4.69, 9.17) is 0 Å². The van der Waals surface area contributed by atoms with Crippen LogP contribution < -0.4 is 4.90 Å². The van der Waals surface area contributed by atoms with Crippen LogP contribution in [-0.4, -0.2) is 0 Å². The summed E-state index contributed by atoms with van der Waals surface area (Å²) in [7, 11) is 0. The van der Waals surface area contributed by atoms with Gasteiger partial charge in [0.2, 0.25) is 0 Å². The van der Waals surface area contributed by atoms with E-state index in [0.29, 0.717) is 0 Å². The lowest BCUT2D eigenvalue weighted by Gasteiger charge is -2.29. The molecule has 0 amide bonds. The highest BCUT2D eigenvalue weighted by atomic mass is 32.1. The SMILES string of the molecule is CC1(C)c2cc(N(c3ccc(-c4cccc5c4sc4ccccc45)cc3)c3ccc(-c4cccc5c4sc4ccccc45)cc3)ccc2-c2cc(-c3ccc(-c4ccccc4)cc3)cc(-c3ccccc3)c21. The molecule has 14 rings (SSSR count). The van der Waals surface area contributed by atoms with Crippen LogP contribution in [0.3, 0.4) is 0 Å². The summed E-state index contributed by atoms with van der Waals surface area (Å²) in [5, 5.41) is 5.27. The highest BCUT2D eigenvalue weighted by molar-refractivity contribution is 7.26. The molecule has 3 heteroatoms. The number of anilines is 3. The Morgan fingerprint density at radius 1 is 0.292 bits per heavy atom. The average Bonchev–Trinajstić information content (AvgIpc) is 4.09. The lowest BCUT2D eigenvalue weighted by Crippen LogP contribution is -2.17. The number of hydrogen-bond acceptors (Lipinski definition) is 3. The van der Waals surface area contributed by atoms with E-state index < -0.39 is 0 Å². The molecule has 11 aromatic carbocycles. The van der Waals surface area contributed by atoms with Crippen LogP contribution >= 0.6 is 22.7 Å². The highest BCUT2D eigenvalue weighted by Gasteiger charge is 2.39. The summed E-state index contributed by atoms with van der Waals surface area (Å²) in [5.74, 6) is 0. The van der Waals surface area contributed by atoms with Crippen molar-refractivity contribution in [2.75, 3.05) is 4.90 Å². The zero-order valence-corrected chi connectivity index (χ0v) is 41.6. The summed E-state index contributed by atoms with van der Waals surface area (Å²) in [4.78, 5) is 2.45. The van der Waals surface area contributed by atoms with Crippen molar-refractivity contribution in [3.8, 4) is 66.8 Å². The zero-order chi connectivity index (χ0) is 47.9. The second-order valence-electron chi connectivity index (χ2n) is 19.6. The summed E-state index contributed by atoms with van der Waals surface area (Å²) in [6.07, 6.45) is 0. The monoisotopic (exact) mass is 953 g/mol. The summed E-state index contributed by atoms with van der Waals surface area (Å²) in [6, 6.07) is 92.2. The number of fused-ring (bicyclic) bond motifs is 9. The van der Waals surface area contributed by atoms with Gasteiger partial charge in [0.1, 0.15) is 0 Å². The number of nitrogens with zero attached hydrogens (tertiary/aromatic N) is 1. The molecular formula is C69H47NS2. The summed E-state index contributed by atoms with van der Waals surface area (Å²) >= 11 is 3.77. The molecule has 1 aliphatic carbocycles. The van der Waals surface area contributed by atoms with Gasteiger partial charge in [0.15, 0.2) is 0 Å². The van der Waals surface area contributed by atoms with Gasteiger partial charge in [-0.3, -0.25) is 0 Å². The van der Waals surface area contributed by atoms with E-state index >= 15 is 0 Å². The van der Waals surface area contributed by atoms with Gasteiger partial charge < -0.3 is 4.90 Å². The van der Waals surface area contributed by atoms with E-state index in [9.17, 15) is 0 Å². The Balaban J connectivity index is 0.900. The Kier molecular flexibility index (Phi) is 9.99. The second kappa shape index (κ2) is 16.9. The van der Waals surface area contributed by atoms with E-state index in [1.54, 1.807) is 0 Å². The Morgan fingerprint density at radius 3 is 1.26 bits per heavy atom. The van der Waals surface area contributed by atoms with Crippen LogP contribution in [0.1, 0.15) is 25.0 Å². The van der Waals surface area contributed by atoms with Crippen molar-refractivity contribution in [1.82, 2.24) is 0 Å². The first-order valence-electron chi connectivity index (χ1n) is 24.8. The molecule has 0 radical (unpaired) electrons. The number of thiophene rings is 2. The Morgan fingerprint density at radius 2 is 0.708 bits per heavy atom. The standard InChI is InChI=1S/C69H47NS2/c1-69(2)63-43-53(39-40-56(63)62-42-50(41-61(66(62)69)47-17-7-4-8-18-47)46-29-27-45(28-30-46)44-15-5-3-6-16-44)70(51-35-31-48(32-36-51)54-21-13-23-59-57-19-9-11-25-64(57)71-67(54)59)52-37-33-49(34-38-52)55-22-14-24-60-58-20-10-12-26-65(58)72-68(55)60/h3-43H,1-2H3. The molecule has 0 fully saturated rings. The first-order valence-corrected chi connectivity index (χ1v) is 26.4. The van der Waals surface area contributed by atoms with E-state index in [1.807, 2.05) is 22.7 Å². The van der Waals surface area contributed by atoms with E-state index in [2.05, 4.69) is 267 Å². The van der Waals surface area contributed by atoms with Gasteiger partial charge in [-0.05, 0) is 139 Å². The maximum atomic E-state index is 2.47. The van der Waals surface area contributed by atoms with E-state index in [0.717, 1.165) is 17.1 Å². The molecule has 0 spiro atoms. The highest BCUT2D eigenvalue weighted by Crippen LogP contribution is 2.55. The molecule has 0 saturated heterocycles. The minimum absolute atomic E-state index is 0.285. The molecule has 2 aromatic heterocycles. The predicted octanol–water partition coefficient (Wildman–Crippen LogP) is 20.5. The van der Waals surface area contributed by atoms with Crippen molar-refractivity contribution in [1.29, 1.82) is 0 Å². The third kappa shape index (κ3) is 6.95. The molecule has 1 nitrogen and oxygen atoms in total. The molecule has 0 N–H and O–H groups in total. The van der Waals surface area contributed by atoms with Crippen LogP contribution in [0.15, 0.2) is 249 Å². The quantitative estimate of drug-likeness (QED) is 0.147. The molecule has 72 heavy (non-hydrogen) atoms. The van der Waals surface area contributed by atoms with Crippen LogP contribution in [0.5, 0.6) is 0 Å². The molecule has 0 unspecified atom stereocenters. The average molecular weight is 954 g/mol. The first kappa shape index (κ1) is 42.5. The van der Waals surface area contributed by atoms with Gasteiger partial charge in [0.25, 0.3) is 0 Å². The van der Waals surface area contributed by atoms with E-state index in [-0.39, 0.29) is 5.41 Å². The third-order valence-electron chi connectivity index (χ3n) is 15.1. The second-order valence-corrected chi connectivity index (χ2v) is 21.7. The molecule has 0 saturated carbocycles. The van der Waals surface area contributed by atoms with Crippen molar-refractivity contribution < 1.29 is 0 Å². The smallest absolute Gasteiger partial charge is 0.0465 e. The normalized spacial score (nSPS) is 12.7. The van der Waals surface area contributed by atoms with Crippen LogP contribution in [0.4, 0.5) is 17.1 Å². The molecular weight excluding hydrogens is 907 g/mol. The minimum Gasteiger partial charge on any atom is -0.310 e.